The maximum Gasteiger partial charge on any atom is 0.471 e. The van der Waals surface area contributed by atoms with Gasteiger partial charge in [-0.05, 0) is 22.1 Å². The van der Waals surface area contributed by atoms with Crippen molar-refractivity contribution in [2.24, 2.45) is 0 Å². The zero-order valence-electron chi connectivity index (χ0n) is 15.5. The summed E-state index contributed by atoms with van der Waals surface area (Å²) in [6, 6.07) is 16.4. The number of carbonyl (C=O) groups excluding carboxylic acids is 1. The maximum atomic E-state index is 12.8. The van der Waals surface area contributed by atoms with Crippen LogP contribution in [0.1, 0.15) is 5.56 Å². The number of benzene rings is 2. The molecule has 0 saturated carbocycles. The van der Waals surface area contributed by atoms with E-state index in [1.165, 1.54) is 0 Å². The van der Waals surface area contributed by atoms with Gasteiger partial charge in [0.25, 0.3) is 5.70 Å². The Morgan fingerprint density at radius 2 is 1.93 bits per heavy atom. The molecule has 9 heteroatoms. The third-order valence-electron chi connectivity index (χ3n) is 4.63. The summed E-state index contributed by atoms with van der Waals surface area (Å²) in [4.78, 5) is 12.8. The summed E-state index contributed by atoms with van der Waals surface area (Å²) in [5, 5.41) is 1.72. The Balaban J connectivity index is 1.40. The molecule has 2 aromatic rings. The number of nitrogens with one attached hydrogen (secondary N) is 1. The number of hydrogen-bond donors (Lipinski definition) is 1. The number of rotatable bonds is 5. The smallest absolute Gasteiger partial charge is 0.471 e. The molecule has 2 aliphatic heterocycles. The third kappa shape index (κ3) is 4.37. The summed E-state index contributed by atoms with van der Waals surface area (Å²) >= 11 is 0. The van der Waals surface area contributed by atoms with E-state index >= 15 is 0 Å². The Morgan fingerprint density at radius 1 is 1.17 bits per heavy atom. The molecule has 4 rings (SSSR count). The lowest BCUT2D eigenvalue weighted by molar-refractivity contribution is -0.346. The van der Waals surface area contributed by atoms with Crippen LogP contribution < -0.4 is 10.2 Å². The van der Waals surface area contributed by atoms with Crippen LogP contribution in [0.3, 0.4) is 0 Å². The van der Waals surface area contributed by atoms with Crippen molar-refractivity contribution in [3.63, 3.8) is 0 Å². The molecule has 0 radical (unpaired) electrons. The molecule has 29 heavy (non-hydrogen) atoms. The Bertz CT molecular complexity index is 1070. The number of fused-ring (bicyclic) bond motifs is 1. The first-order chi connectivity index (χ1) is 14.1. The van der Waals surface area contributed by atoms with E-state index < -0.39 is 16.4 Å². The highest BCUT2D eigenvalue weighted by molar-refractivity contribution is 7.59. The van der Waals surface area contributed by atoms with Crippen molar-refractivity contribution in [1.29, 1.82) is 0 Å². The van der Waals surface area contributed by atoms with Crippen molar-refractivity contribution in [2.75, 3.05) is 26.3 Å². The lowest BCUT2D eigenvalue weighted by atomic mass is 10.2. The molecule has 1 fully saturated rings. The van der Waals surface area contributed by atoms with Gasteiger partial charge in [0.05, 0.1) is 12.2 Å². The van der Waals surface area contributed by atoms with E-state index in [1.807, 2.05) is 30.3 Å². The lowest BCUT2D eigenvalue weighted by Crippen LogP contribution is -2.53. The largest absolute Gasteiger partial charge is 0.491 e. The van der Waals surface area contributed by atoms with Crippen molar-refractivity contribution in [3.8, 4) is 5.75 Å². The minimum absolute atomic E-state index is 0.0584. The summed E-state index contributed by atoms with van der Waals surface area (Å²) in [6.45, 7) is 1.70. The zero-order chi connectivity index (χ0) is 20.2. The molecule has 8 nitrogen and oxygen atoms in total. The summed E-state index contributed by atoms with van der Waals surface area (Å²) in [5.74, 6) is 0.259. The van der Waals surface area contributed by atoms with Crippen molar-refractivity contribution in [3.05, 3.63) is 65.9 Å². The highest BCUT2D eigenvalue weighted by Gasteiger charge is 2.36. The van der Waals surface area contributed by atoms with Gasteiger partial charge in [-0.1, -0.05) is 30.3 Å². The summed E-state index contributed by atoms with van der Waals surface area (Å²) in [7, 11) is -2.60. The van der Waals surface area contributed by atoms with E-state index in [4.69, 9.17) is 9.47 Å². The monoisotopic (exact) mass is 414 g/mol. The predicted molar refractivity (Wildman–Crippen MR) is 105 cm³/mol. The highest BCUT2D eigenvalue weighted by Crippen LogP contribution is 2.31. The normalized spacial score (nSPS) is 18.7. The van der Waals surface area contributed by atoms with E-state index in [0.717, 1.165) is 9.70 Å². The van der Waals surface area contributed by atoms with Gasteiger partial charge in [-0.2, -0.15) is 0 Å². The molecule has 0 aromatic heterocycles. The molecule has 1 amide bonds. The molecule has 150 valence electrons. The van der Waals surface area contributed by atoms with E-state index in [2.05, 4.69) is 5.43 Å². The molecule has 0 bridgehead atoms. The lowest BCUT2D eigenvalue weighted by Gasteiger charge is -2.32. The van der Waals surface area contributed by atoms with Gasteiger partial charge in [0, 0.05) is 25.2 Å². The number of hydrogen-bond acceptors (Lipinski definition) is 6. The standard InChI is InChI=1S/C20H19N3O5S/c24-20(19-12-15-6-4-5-9-18(15)23(19)29(25)26)21-22-10-11-27-17(13-22)14-28-16-7-2-1-3-8-16/h1-9,12,17H,10-11,13-14H2/p+1. The molecular formula is C20H20N3O5S+. The summed E-state index contributed by atoms with van der Waals surface area (Å²) in [6.07, 6.45) is 1.35. The third-order valence-corrected chi connectivity index (χ3v) is 5.32. The Morgan fingerprint density at radius 3 is 2.72 bits per heavy atom. The number of morpholine rings is 1. The van der Waals surface area contributed by atoms with Gasteiger partial charge in [0.1, 0.15) is 18.5 Å². The second-order valence-corrected chi connectivity index (χ2v) is 7.40. The van der Waals surface area contributed by atoms with Crippen molar-refractivity contribution in [2.45, 2.75) is 6.10 Å². The highest BCUT2D eigenvalue weighted by atomic mass is 32.2. The Kier molecular flexibility index (Phi) is 5.70. The molecule has 2 aromatic carbocycles. The number of hydrazine groups is 1. The van der Waals surface area contributed by atoms with Crippen LogP contribution in [-0.4, -0.2) is 55.7 Å². The first-order valence-corrected chi connectivity index (χ1v) is 10.2. The molecule has 2 aliphatic rings. The molecular weight excluding hydrogens is 394 g/mol. The van der Waals surface area contributed by atoms with Gasteiger partial charge >= 0.3 is 16.4 Å². The van der Waals surface area contributed by atoms with E-state index in [9.17, 15) is 13.2 Å². The molecule has 0 spiro atoms. The van der Waals surface area contributed by atoms with Crippen LogP contribution >= 0.6 is 0 Å². The van der Waals surface area contributed by atoms with Crippen LogP contribution in [0.5, 0.6) is 5.75 Å². The quantitative estimate of drug-likeness (QED) is 0.747. The number of para-hydroxylation sites is 2. The van der Waals surface area contributed by atoms with Gasteiger partial charge in [0.2, 0.25) is 5.69 Å². The van der Waals surface area contributed by atoms with Crippen LogP contribution in [0.25, 0.3) is 6.08 Å². The molecule has 1 saturated heterocycles. The van der Waals surface area contributed by atoms with Gasteiger partial charge in [-0.3, -0.25) is 10.2 Å². The minimum Gasteiger partial charge on any atom is -0.491 e. The van der Waals surface area contributed by atoms with Crippen LogP contribution in [0.15, 0.2) is 60.3 Å². The molecule has 1 atom stereocenters. The Hall–Kier alpha value is -3.01. The van der Waals surface area contributed by atoms with Gasteiger partial charge in [0.15, 0.2) is 0 Å². The minimum atomic E-state index is -2.60. The Labute approximate surface area is 169 Å². The average Bonchev–Trinajstić information content (AvgIpc) is 3.13. The van der Waals surface area contributed by atoms with Crippen LogP contribution in [0, 0.1) is 0 Å². The first-order valence-electron chi connectivity index (χ1n) is 9.17. The number of amides is 1. The van der Waals surface area contributed by atoms with E-state index in [0.29, 0.717) is 37.6 Å². The first kappa shape index (κ1) is 19.3. The van der Waals surface area contributed by atoms with Crippen LogP contribution in [0.2, 0.25) is 0 Å². The number of nitrogens with zero attached hydrogens (tertiary/aromatic N) is 2. The SMILES string of the molecule is O=C(NN1CCOC(COc2ccccc2)C1)C1=Cc2ccccc2[N+]1=S(=O)=O. The van der Waals surface area contributed by atoms with Crippen LogP contribution in [0.4, 0.5) is 5.69 Å². The summed E-state index contributed by atoms with van der Waals surface area (Å²) in [5.41, 5.74) is 3.98. The fourth-order valence-corrected chi connectivity index (χ4v) is 3.90. The van der Waals surface area contributed by atoms with Crippen molar-refractivity contribution in [1.82, 2.24) is 10.4 Å². The van der Waals surface area contributed by atoms with Gasteiger partial charge in [-0.15, -0.1) is 8.42 Å². The molecule has 1 N–H and O–H groups in total. The van der Waals surface area contributed by atoms with Crippen molar-refractivity contribution < 1.29 is 26.6 Å². The van der Waals surface area contributed by atoms with E-state index in [-0.39, 0.29) is 11.8 Å². The van der Waals surface area contributed by atoms with Crippen LogP contribution in [-0.2, 0) is 20.0 Å². The molecule has 1 unspecified atom stereocenters. The number of carbonyl (C=O) groups is 1. The van der Waals surface area contributed by atoms with Gasteiger partial charge in [-0.25, -0.2) is 5.01 Å². The van der Waals surface area contributed by atoms with Crippen molar-refractivity contribution >= 4 is 28.2 Å². The second-order valence-electron chi connectivity index (χ2n) is 6.60. The fraction of sp³-hybridized carbons (Fsp3) is 0.250. The molecule has 2 heterocycles. The fourth-order valence-electron chi connectivity index (χ4n) is 3.28. The summed E-state index contributed by atoms with van der Waals surface area (Å²) < 4.78 is 35.8. The molecule has 0 aliphatic carbocycles. The maximum absolute atomic E-state index is 12.8. The number of ether oxygens (including phenoxy) is 2. The second kappa shape index (κ2) is 8.56. The average molecular weight is 414 g/mol. The van der Waals surface area contributed by atoms with Gasteiger partial charge < -0.3 is 9.47 Å². The topological polar surface area (TPSA) is 88.0 Å². The zero-order valence-corrected chi connectivity index (χ0v) is 16.3. The van der Waals surface area contributed by atoms with E-state index in [1.54, 1.807) is 35.4 Å². The predicted octanol–water partition coefficient (Wildman–Crippen LogP) is 1.56.